The first-order valence-corrected chi connectivity index (χ1v) is 14.6. The number of carbonyl (C=O) groups is 2. The lowest BCUT2D eigenvalue weighted by molar-refractivity contribution is -0.127. The number of amides is 2. The third-order valence-corrected chi connectivity index (χ3v) is 9.89. The Kier molecular flexibility index (Phi) is 6.71. The summed E-state index contributed by atoms with van der Waals surface area (Å²) in [4.78, 5) is 36.0. The van der Waals surface area contributed by atoms with E-state index in [9.17, 15) is 9.59 Å². The van der Waals surface area contributed by atoms with Crippen LogP contribution in [0, 0.1) is 19.3 Å². The van der Waals surface area contributed by atoms with E-state index in [1.165, 1.54) is 37.1 Å². The molecule has 0 aromatic heterocycles. The highest BCUT2D eigenvalue weighted by Crippen LogP contribution is 2.44. The van der Waals surface area contributed by atoms with Gasteiger partial charge in [0.2, 0.25) is 5.91 Å². The highest BCUT2D eigenvalue weighted by Gasteiger charge is 2.49. The maximum Gasteiger partial charge on any atom is 0.253 e. The Labute approximate surface area is 227 Å². The van der Waals surface area contributed by atoms with E-state index in [4.69, 9.17) is 0 Å². The second-order valence-corrected chi connectivity index (χ2v) is 12.2. The molecule has 202 valence electrons. The molecule has 6 heteroatoms. The van der Waals surface area contributed by atoms with Gasteiger partial charge in [-0.2, -0.15) is 0 Å². The molecule has 0 N–H and O–H groups in total. The van der Waals surface area contributed by atoms with Crippen molar-refractivity contribution in [2.45, 2.75) is 71.4 Å². The van der Waals surface area contributed by atoms with E-state index in [0.717, 1.165) is 55.7 Å². The fraction of sp³-hybridized carbons (Fsp3) is 0.562. The van der Waals surface area contributed by atoms with Crippen molar-refractivity contribution in [3.8, 4) is 0 Å². The Morgan fingerprint density at radius 2 is 1.63 bits per heavy atom. The zero-order valence-electron chi connectivity index (χ0n) is 23.3. The molecular formula is C32H42N4O2. The molecule has 4 fully saturated rings. The quantitative estimate of drug-likeness (QED) is 0.575. The normalized spacial score (nSPS) is 25.7. The van der Waals surface area contributed by atoms with Gasteiger partial charge in [0, 0.05) is 61.7 Å². The number of piperidine rings is 1. The van der Waals surface area contributed by atoms with Crippen molar-refractivity contribution < 1.29 is 9.59 Å². The summed E-state index contributed by atoms with van der Waals surface area (Å²) in [5.74, 6) is 0.331. The molecule has 0 saturated carbocycles. The lowest BCUT2D eigenvalue weighted by atomic mass is 9.77. The van der Waals surface area contributed by atoms with Gasteiger partial charge >= 0.3 is 0 Å². The van der Waals surface area contributed by atoms with Crippen LogP contribution in [-0.4, -0.2) is 73.0 Å². The SMILES string of the molecule is Cc1ccc(C(=O)N2CCC3(CC2)CCN(c2ccc(N4CC[C@H](N5CCC[C@H]5C)C4)cc2C)C3=O)cc1. The molecule has 0 bridgehead atoms. The Hall–Kier alpha value is -2.86. The maximum absolute atomic E-state index is 13.8. The molecule has 2 atom stereocenters. The molecule has 2 aromatic rings. The second-order valence-electron chi connectivity index (χ2n) is 12.2. The van der Waals surface area contributed by atoms with Gasteiger partial charge < -0.3 is 14.7 Å². The summed E-state index contributed by atoms with van der Waals surface area (Å²) in [5.41, 5.74) is 5.07. The zero-order chi connectivity index (χ0) is 26.4. The maximum atomic E-state index is 13.8. The van der Waals surface area contributed by atoms with E-state index in [0.29, 0.717) is 25.2 Å². The molecule has 0 unspecified atom stereocenters. The highest BCUT2D eigenvalue weighted by atomic mass is 16.2. The fourth-order valence-electron chi connectivity index (χ4n) is 7.42. The van der Waals surface area contributed by atoms with Crippen molar-refractivity contribution >= 4 is 23.2 Å². The van der Waals surface area contributed by atoms with Crippen LogP contribution in [0.3, 0.4) is 0 Å². The summed E-state index contributed by atoms with van der Waals surface area (Å²) in [6, 6.07) is 15.8. The molecule has 4 heterocycles. The average Bonchev–Trinajstić information content (AvgIpc) is 3.65. The van der Waals surface area contributed by atoms with E-state index in [1.54, 1.807) is 0 Å². The Morgan fingerprint density at radius 3 is 2.32 bits per heavy atom. The van der Waals surface area contributed by atoms with Crippen LogP contribution in [0.2, 0.25) is 0 Å². The van der Waals surface area contributed by atoms with Gasteiger partial charge in [-0.3, -0.25) is 14.5 Å². The van der Waals surface area contributed by atoms with Crippen LogP contribution in [0.5, 0.6) is 0 Å². The van der Waals surface area contributed by atoms with Crippen LogP contribution in [0.15, 0.2) is 42.5 Å². The van der Waals surface area contributed by atoms with Crippen LogP contribution in [0.1, 0.15) is 66.9 Å². The fourth-order valence-corrected chi connectivity index (χ4v) is 7.42. The summed E-state index contributed by atoms with van der Waals surface area (Å²) < 4.78 is 0. The summed E-state index contributed by atoms with van der Waals surface area (Å²) in [5, 5.41) is 0. The molecule has 1 spiro atoms. The molecule has 2 amide bonds. The van der Waals surface area contributed by atoms with Gasteiger partial charge in [0.05, 0.1) is 5.41 Å². The summed E-state index contributed by atoms with van der Waals surface area (Å²) in [6.07, 6.45) is 6.28. The standard InChI is InChI=1S/C32H42N4O2/c1-23-6-8-26(9-7-23)30(37)33-18-13-32(14-19-33)15-20-36(31(32)38)29-11-10-27(21-24(29)2)34-17-12-28(22-34)35-16-4-5-25(35)3/h6-11,21,25,28H,4-5,12-20,22H2,1-3H3/t25-,28+/m1/s1. The number of likely N-dealkylation sites (tertiary alicyclic amines) is 2. The molecule has 4 saturated heterocycles. The predicted molar refractivity (Wildman–Crippen MR) is 153 cm³/mol. The Balaban J connectivity index is 1.09. The molecule has 0 radical (unpaired) electrons. The smallest absolute Gasteiger partial charge is 0.253 e. The number of hydrogen-bond acceptors (Lipinski definition) is 4. The van der Waals surface area contributed by atoms with Gasteiger partial charge in [0.1, 0.15) is 0 Å². The predicted octanol–water partition coefficient (Wildman–Crippen LogP) is 5.03. The molecule has 6 nitrogen and oxygen atoms in total. The van der Waals surface area contributed by atoms with Gasteiger partial charge in [-0.25, -0.2) is 0 Å². The minimum Gasteiger partial charge on any atom is -0.370 e. The number of benzene rings is 2. The third kappa shape index (κ3) is 4.51. The van der Waals surface area contributed by atoms with Crippen molar-refractivity contribution in [1.82, 2.24) is 9.80 Å². The molecule has 6 rings (SSSR count). The molecule has 4 aliphatic heterocycles. The molecule has 2 aromatic carbocycles. The Bertz CT molecular complexity index is 1200. The number of nitrogens with zero attached hydrogens (tertiary/aromatic N) is 4. The second kappa shape index (κ2) is 10.0. The van der Waals surface area contributed by atoms with Crippen molar-refractivity contribution in [3.63, 3.8) is 0 Å². The first-order valence-electron chi connectivity index (χ1n) is 14.6. The van der Waals surface area contributed by atoms with E-state index < -0.39 is 0 Å². The number of carbonyl (C=O) groups excluding carboxylic acids is 2. The minimum atomic E-state index is -0.330. The average molecular weight is 515 g/mol. The summed E-state index contributed by atoms with van der Waals surface area (Å²) in [6.45, 7) is 12.1. The van der Waals surface area contributed by atoms with E-state index in [1.807, 2.05) is 41.0 Å². The highest BCUT2D eigenvalue weighted by molar-refractivity contribution is 6.01. The lowest BCUT2D eigenvalue weighted by Gasteiger charge is -2.38. The summed E-state index contributed by atoms with van der Waals surface area (Å²) >= 11 is 0. The number of anilines is 2. The van der Waals surface area contributed by atoms with Crippen LogP contribution in [0.4, 0.5) is 11.4 Å². The summed E-state index contributed by atoms with van der Waals surface area (Å²) in [7, 11) is 0. The van der Waals surface area contributed by atoms with Gasteiger partial charge in [-0.05, 0) is 102 Å². The zero-order valence-corrected chi connectivity index (χ0v) is 23.3. The van der Waals surface area contributed by atoms with Crippen LogP contribution in [0.25, 0.3) is 0 Å². The van der Waals surface area contributed by atoms with E-state index in [-0.39, 0.29) is 17.2 Å². The number of aryl methyl sites for hydroxylation is 2. The Morgan fingerprint density at radius 1 is 0.895 bits per heavy atom. The number of rotatable bonds is 4. The molecule has 4 aliphatic rings. The van der Waals surface area contributed by atoms with Gasteiger partial charge in [0.15, 0.2) is 0 Å². The molecular weight excluding hydrogens is 472 g/mol. The van der Waals surface area contributed by atoms with Crippen molar-refractivity contribution in [3.05, 3.63) is 59.2 Å². The monoisotopic (exact) mass is 514 g/mol. The lowest BCUT2D eigenvalue weighted by Crippen LogP contribution is -2.46. The first kappa shape index (κ1) is 25.4. The largest absolute Gasteiger partial charge is 0.370 e. The van der Waals surface area contributed by atoms with Crippen LogP contribution < -0.4 is 9.80 Å². The third-order valence-electron chi connectivity index (χ3n) is 9.89. The topological polar surface area (TPSA) is 47.1 Å². The van der Waals surface area contributed by atoms with Crippen molar-refractivity contribution in [2.75, 3.05) is 49.1 Å². The number of hydrogen-bond donors (Lipinski definition) is 0. The first-order chi connectivity index (χ1) is 18.3. The molecule has 0 aliphatic carbocycles. The molecule has 38 heavy (non-hydrogen) atoms. The van der Waals surface area contributed by atoms with Crippen LogP contribution in [-0.2, 0) is 4.79 Å². The van der Waals surface area contributed by atoms with E-state index in [2.05, 4.69) is 41.8 Å². The van der Waals surface area contributed by atoms with Gasteiger partial charge in [-0.1, -0.05) is 17.7 Å². The van der Waals surface area contributed by atoms with Crippen molar-refractivity contribution in [2.24, 2.45) is 5.41 Å². The minimum absolute atomic E-state index is 0.0805. The van der Waals surface area contributed by atoms with Crippen LogP contribution >= 0.6 is 0 Å². The van der Waals surface area contributed by atoms with Gasteiger partial charge in [-0.15, -0.1) is 0 Å². The van der Waals surface area contributed by atoms with Gasteiger partial charge in [0.25, 0.3) is 5.91 Å². The van der Waals surface area contributed by atoms with E-state index >= 15 is 0 Å². The van der Waals surface area contributed by atoms with Crippen molar-refractivity contribution in [1.29, 1.82) is 0 Å².